The van der Waals surface area contributed by atoms with Crippen molar-refractivity contribution in [2.75, 3.05) is 0 Å². The fraction of sp³-hybridized carbons (Fsp3) is 0.0526. The van der Waals surface area contributed by atoms with Crippen molar-refractivity contribution in [3.8, 4) is 11.4 Å². The Balaban J connectivity index is 1.52. The van der Waals surface area contributed by atoms with Crippen LogP contribution in [0.15, 0.2) is 83.3 Å². The maximum absolute atomic E-state index is 4.45. The van der Waals surface area contributed by atoms with E-state index in [9.17, 15) is 0 Å². The quantitative estimate of drug-likeness (QED) is 0.739. The molecule has 0 unspecified atom stereocenters. The molecule has 2 aromatic carbocycles. The van der Waals surface area contributed by atoms with Gasteiger partial charge in [-0.3, -0.25) is 0 Å². The summed E-state index contributed by atoms with van der Waals surface area (Å²) in [5.74, 6) is 0.720. The molecule has 3 aromatic rings. The van der Waals surface area contributed by atoms with Gasteiger partial charge in [-0.15, -0.1) is 0 Å². The van der Waals surface area contributed by atoms with Gasteiger partial charge in [0, 0.05) is 29.9 Å². The number of benzene rings is 2. The van der Waals surface area contributed by atoms with Crippen molar-refractivity contribution in [3.63, 3.8) is 0 Å². The van der Waals surface area contributed by atoms with Crippen molar-refractivity contribution >= 4 is 11.4 Å². The smallest absolute Gasteiger partial charge is 0.159 e. The lowest BCUT2D eigenvalue weighted by Gasteiger charge is -2.03. The zero-order chi connectivity index (χ0) is 15.5. The van der Waals surface area contributed by atoms with Gasteiger partial charge in [-0.1, -0.05) is 60.7 Å². The molecule has 1 aliphatic heterocycles. The molecule has 2 heterocycles. The van der Waals surface area contributed by atoms with Gasteiger partial charge in [-0.25, -0.2) is 9.97 Å². The van der Waals surface area contributed by atoms with E-state index < -0.39 is 0 Å². The van der Waals surface area contributed by atoms with Gasteiger partial charge in [0.25, 0.3) is 0 Å². The highest BCUT2D eigenvalue weighted by Crippen LogP contribution is 2.18. The minimum atomic E-state index is 0.706. The molecule has 0 atom stereocenters. The SMILES string of the molecule is c1ccc(C2=NN=C(c3cnc(-c4ccccc4)nc3)C2)cc1. The molecule has 0 saturated carbocycles. The second-order valence-electron chi connectivity index (χ2n) is 5.30. The van der Waals surface area contributed by atoms with Crippen LogP contribution in [0.5, 0.6) is 0 Å². The molecule has 0 saturated heterocycles. The lowest BCUT2D eigenvalue weighted by Crippen LogP contribution is -2.06. The Morgan fingerprint density at radius 2 is 1.09 bits per heavy atom. The Labute approximate surface area is 134 Å². The third-order valence-corrected chi connectivity index (χ3v) is 3.75. The lowest BCUT2D eigenvalue weighted by molar-refractivity contribution is 1.16. The Hall–Kier alpha value is -3.14. The summed E-state index contributed by atoms with van der Waals surface area (Å²) in [6, 6.07) is 20.0. The molecule has 4 rings (SSSR count). The van der Waals surface area contributed by atoms with E-state index in [0.29, 0.717) is 6.42 Å². The van der Waals surface area contributed by atoms with Crippen molar-refractivity contribution in [2.24, 2.45) is 10.2 Å². The molecule has 0 N–H and O–H groups in total. The van der Waals surface area contributed by atoms with E-state index >= 15 is 0 Å². The molecule has 110 valence electrons. The van der Waals surface area contributed by atoms with Crippen molar-refractivity contribution in [1.82, 2.24) is 9.97 Å². The lowest BCUT2D eigenvalue weighted by atomic mass is 10.0. The molecule has 0 radical (unpaired) electrons. The summed E-state index contributed by atoms with van der Waals surface area (Å²) in [6.45, 7) is 0. The molecular weight excluding hydrogens is 284 g/mol. The highest BCUT2D eigenvalue weighted by atomic mass is 15.2. The fourth-order valence-electron chi connectivity index (χ4n) is 2.51. The Morgan fingerprint density at radius 3 is 1.70 bits per heavy atom. The molecule has 4 nitrogen and oxygen atoms in total. The van der Waals surface area contributed by atoms with Crippen molar-refractivity contribution < 1.29 is 0 Å². The predicted octanol–water partition coefficient (Wildman–Crippen LogP) is 3.74. The first kappa shape index (κ1) is 13.5. The second kappa shape index (κ2) is 5.93. The number of nitrogens with zero attached hydrogens (tertiary/aromatic N) is 4. The molecule has 1 aliphatic rings. The van der Waals surface area contributed by atoms with E-state index in [2.05, 4.69) is 20.2 Å². The van der Waals surface area contributed by atoms with Crippen molar-refractivity contribution in [2.45, 2.75) is 6.42 Å². The minimum absolute atomic E-state index is 0.706. The van der Waals surface area contributed by atoms with E-state index in [1.165, 1.54) is 0 Å². The van der Waals surface area contributed by atoms with Crippen LogP contribution in [0.4, 0.5) is 0 Å². The van der Waals surface area contributed by atoms with Crippen LogP contribution < -0.4 is 0 Å². The summed E-state index contributed by atoms with van der Waals surface area (Å²) >= 11 is 0. The minimum Gasteiger partial charge on any atom is -0.236 e. The van der Waals surface area contributed by atoms with Gasteiger partial charge in [0.2, 0.25) is 0 Å². The van der Waals surface area contributed by atoms with Crippen LogP contribution in [0, 0.1) is 0 Å². The highest BCUT2D eigenvalue weighted by molar-refractivity contribution is 6.20. The van der Waals surface area contributed by atoms with Crippen LogP contribution in [0.1, 0.15) is 17.5 Å². The number of hydrogen-bond donors (Lipinski definition) is 0. The molecular formula is C19H14N4. The molecule has 0 aliphatic carbocycles. The topological polar surface area (TPSA) is 50.5 Å². The summed E-state index contributed by atoms with van der Waals surface area (Å²) < 4.78 is 0. The summed E-state index contributed by atoms with van der Waals surface area (Å²) in [7, 11) is 0. The van der Waals surface area contributed by atoms with Crippen LogP contribution in [0.3, 0.4) is 0 Å². The molecule has 0 bridgehead atoms. The molecule has 0 amide bonds. The summed E-state index contributed by atoms with van der Waals surface area (Å²) in [5, 5.41) is 8.58. The fourth-order valence-corrected chi connectivity index (χ4v) is 2.51. The van der Waals surface area contributed by atoms with Crippen molar-refractivity contribution in [1.29, 1.82) is 0 Å². The van der Waals surface area contributed by atoms with Crippen LogP contribution in [0.25, 0.3) is 11.4 Å². The molecule has 0 fully saturated rings. The monoisotopic (exact) mass is 298 g/mol. The molecule has 0 spiro atoms. The third-order valence-electron chi connectivity index (χ3n) is 3.75. The van der Waals surface area contributed by atoms with E-state index in [1.807, 2.05) is 73.1 Å². The molecule has 1 aromatic heterocycles. The zero-order valence-electron chi connectivity index (χ0n) is 12.4. The summed E-state index contributed by atoms with van der Waals surface area (Å²) in [6.07, 6.45) is 4.34. The maximum atomic E-state index is 4.45. The third kappa shape index (κ3) is 2.79. The van der Waals surface area contributed by atoms with Crippen LogP contribution >= 0.6 is 0 Å². The summed E-state index contributed by atoms with van der Waals surface area (Å²) in [5.41, 5.74) is 4.91. The van der Waals surface area contributed by atoms with Gasteiger partial charge in [0.05, 0.1) is 11.4 Å². The van der Waals surface area contributed by atoms with Crippen molar-refractivity contribution in [3.05, 3.63) is 84.2 Å². The van der Waals surface area contributed by atoms with Gasteiger partial charge < -0.3 is 0 Å². The number of aromatic nitrogens is 2. The highest BCUT2D eigenvalue weighted by Gasteiger charge is 2.16. The average molecular weight is 298 g/mol. The standard InChI is InChI=1S/C19H14N4/c1-3-7-14(8-4-1)17-11-18(23-22-17)16-12-20-19(21-13-16)15-9-5-2-6-10-15/h1-10,12-13H,11H2. The predicted molar refractivity (Wildman–Crippen MR) is 91.6 cm³/mol. The van der Waals surface area contributed by atoms with Gasteiger partial charge in [-0.05, 0) is 5.56 Å². The first-order valence-corrected chi connectivity index (χ1v) is 7.47. The van der Waals surface area contributed by atoms with E-state index in [1.54, 1.807) is 0 Å². The zero-order valence-corrected chi connectivity index (χ0v) is 12.4. The van der Waals surface area contributed by atoms with E-state index in [0.717, 1.165) is 33.9 Å². The largest absolute Gasteiger partial charge is 0.236 e. The van der Waals surface area contributed by atoms with Gasteiger partial charge in [0.15, 0.2) is 5.82 Å². The number of hydrogen-bond acceptors (Lipinski definition) is 4. The van der Waals surface area contributed by atoms with Crippen LogP contribution in [0.2, 0.25) is 0 Å². The van der Waals surface area contributed by atoms with Gasteiger partial charge in [0.1, 0.15) is 0 Å². The molecule has 23 heavy (non-hydrogen) atoms. The number of rotatable bonds is 3. The molecule has 4 heteroatoms. The maximum Gasteiger partial charge on any atom is 0.159 e. The summed E-state index contributed by atoms with van der Waals surface area (Å²) in [4.78, 5) is 8.90. The Morgan fingerprint density at radius 1 is 0.565 bits per heavy atom. The van der Waals surface area contributed by atoms with Gasteiger partial charge in [-0.2, -0.15) is 10.2 Å². The Bertz CT molecular complexity index is 866. The first-order chi connectivity index (χ1) is 11.4. The Kier molecular flexibility index (Phi) is 3.48. The first-order valence-electron chi connectivity index (χ1n) is 7.47. The van der Waals surface area contributed by atoms with E-state index in [4.69, 9.17) is 0 Å². The van der Waals surface area contributed by atoms with E-state index in [-0.39, 0.29) is 0 Å². The van der Waals surface area contributed by atoms with Crippen LogP contribution in [-0.4, -0.2) is 21.4 Å². The normalized spacial score (nSPS) is 13.6. The van der Waals surface area contributed by atoms with Gasteiger partial charge >= 0.3 is 0 Å². The average Bonchev–Trinajstić information content (AvgIpc) is 3.14. The van der Waals surface area contributed by atoms with Crippen LogP contribution in [-0.2, 0) is 0 Å². The second-order valence-corrected chi connectivity index (χ2v) is 5.30.